The Morgan fingerprint density at radius 1 is 1.24 bits per heavy atom. The number of rotatable bonds is 2. The molecule has 0 saturated heterocycles. The van der Waals surface area contributed by atoms with Crippen LogP contribution in [0.3, 0.4) is 0 Å². The van der Waals surface area contributed by atoms with Gasteiger partial charge in [-0.2, -0.15) is 0 Å². The van der Waals surface area contributed by atoms with Gasteiger partial charge in [-0.25, -0.2) is 0 Å². The third kappa shape index (κ3) is 3.33. The van der Waals surface area contributed by atoms with Crippen molar-refractivity contribution in [2.45, 2.75) is 6.42 Å². The Morgan fingerprint density at radius 3 is 2.62 bits per heavy atom. The molecule has 0 aliphatic carbocycles. The van der Waals surface area contributed by atoms with Gasteiger partial charge >= 0.3 is 0 Å². The lowest BCUT2D eigenvalue weighted by molar-refractivity contribution is 0.103. The zero-order chi connectivity index (χ0) is 14.8. The van der Waals surface area contributed by atoms with Gasteiger partial charge in [0.25, 0.3) is 5.91 Å². The van der Waals surface area contributed by atoms with Crippen molar-refractivity contribution in [2.75, 3.05) is 18.5 Å². The molecule has 0 fully saturated rings. The Balaban J connectivity index is 1.85. The number of amides is 1. The number of benzene rings is 1. The first kappa shape index (κ1) is 14.7. The lowest BCUT2D eigenvalue weighted by Gasteiger charge is -2.12. The third-order valence-electron chi connectivity index (χ3n) is 2.88. The summed E-state index contributed by atoms with van der Waals surface area (Å²) in [7, 11) is 0. The number of carbonyl (C=O) groups is 1. The highest BCUT2D eigenvalue weighted by molar-refractivity contribution is 9.11. The van der Waals surface area contributed by atoms with Crippen LogP contribution in [0, 0.1) is 0 Å². The van der Waals surface area contributed by atoms with Crippen molar-refractivity contribution >= 4 is 50.5 Å². The average molecular weight is 389 g/mol. The molecule has 3 rings (SSSR count). The van der Waals surface area contributed by atoms with Gasteiger partial charge in [-0.1, -0.05) is 11.6 Å². The minimum Gasteiger partial charge on any atom is -0.490 e. The molecule has 0 spiro atoms. The molecule has 2 aromatic rings. The quantitative estimate of drug-likeness (QED) is 0.819. The van der Waals surface area contributed by atoms with E-state index in [1.54, 1.807) is 18.2 Å². The second kappa shape index (κ2) is 6.25. The summed E-state index contributed by atoms with van der Waals surface area (Å²) in [5.41, 5.74) is 0.510. The second-order valence-electron chi connectivity index (χ2n) is 4.39. The number of thiophene rings is 1. The Bertz CT molecular complexity index is 689. The first-order valence-corrected chi connectivity index (χ1v) is 8.28. The molecule has 0 radical (unpaired) electrons. The fourth-order valence-electron chi connectivity index (χ4n) is 1.90. The predicted octanol–water partition coefficient (Wildman–Crippen LogP) is 4.58. The average Bonchev–Trinajstić information content (AvgIpc) is 2.76. The van der Waals surface area contributed by atoms with E-state index in [2.05, 4.69) is 21.2 Å². The van der Waals surface area contributed by atoms with E-state index in [-0.39, 0.29) is 5.91 Å². The lowest BCUT2D eigenvalue weighted by atomic mass is 10.2. The maximum atomic E-state index is 12.2. The predicted molar refractivity (Wildman–Crippen MR) is 87.0 cm³/mol. The molecule has 4 nitrogen and oxygen atoms in total. The first-order valence-electron chi connectivity index (χ1n) is 6.29. The van der Waals surface area contributed by atoms with Crippen molar-refractivity contribution < 1.29 is 14.3 Å². The van der Waals surface area contributed by atoms with Gasteiger partial charge in [0.1, 0.15) is 0 Å². The van der Waals surface area contributed by atoms with Crippen LogP contribution >= 0.6 is 38.9 Å². The van der Waals surface area contributed by atoms with Crippen LogP contribution in [0.2, 0.25) is 5.02 Å². The molecule has 0 unspecified atom stereocenters. The van der Waals surface area contributed by atoms with Crippen LogP contribution < -0.4 is 14.8 Å². The molecule has 1 aliphatic heterocycles. The topological polar surface area (TPSA) is 47.6 Å². The maximum Gasteiger partial charge on any atom is 0.265 e. The number of nitrogens with one attached hydrogen (secondary N) is 1. The molecule has 0 saturated carbocycles. The fraction of sp³-hybridized carbons (Fsp3) is 0.214. The number of carbonyl (C=O) groups excluding carboxylic acids is 1. The monoisotopic (exact) mass is 387 g/mol. The van der Waals surface area contributed by atoms with Crippen molar-refractivity contribution in [1.29, 1.82) is 0 Å². The van der Waals surface area contributed by atoms with Crippen LogP contribution in [-0.2, 0) is 0 Å². The molecular formula is C14H11BrClNO3S. The van der Waals surface area contributed by atoms with Gasteiger partial charge in [0.2, 0.25) is 0 Å². The van der Waals surface area contributed by atoms with Gasteiger partial charge in [0.05, 0.1) is 32.6 Å². The minimum absolute atomic E-state index is 0.206. The number of hydrogen-bond acceptors (Lipinski definition) is 4. The fourth-order valence-corrected chi connectivity index (χ4v) is 3.38. The van der Waals surface area contributed by atoms with E-state index in [1.807, 2.05) is 6.07 Å². The molecule has 1 aromatic heterocycles. The lowest BCUT2D eigenvalue weighted by Crippen LogP contribution is -2.10. The zero-order valence-corrected chi connectivity index (χ0v) is 14.0. The Labute approximate surface area is 139 Å². The minimum atomic E-state index is -0.206. The standard InChI is InChI=1S/C14H11BrClNO3S/c15-13-3-2-12(21-13)14(18)17-9-7-11-10(6-8(9)16)19-4-1-5-20-11/h2-3,6-7H,1,4-5H2,(H,17,18). The highest BCUT2D eigenvalue weighted by atomic mass is 79.9. The van der Waals surface area contributed by atoms with Gasteiger partial charge < -0.3 is 14.8 Å². The molecule has 2 heterocycles. The van der Waals surface area contributed by atoms with Crippen molar-refractivity contribution in [1.82, 2.24) is 0 Å². The summed E-state index contributed by atoms with van der Waals surface area (Å²) in [6.07, 6.45) is 0.817. The molecule has 21 heavy (non-hydrogen) atoms. The Kier molecular flexibility index (Phi) is 4.37. The Morgan fingerprint density at radius 2 is 1.95 bits per heavy atom. The largest absolute Gasteiger partial charge is 0.490 e. The molecule has 1 aliphatic rings. The van der Waals surface area contributed by atoms with Crippen LogP contribution in [0.1, 0.15) is 16.1 Å². The van der Waals surface area contributed by atoms with Crippen LogP contribution in [0.5, 0.6) is 11.5 Å². The Hall–Kier alpha value is -1.24. The van der Waals surface area contributed by atoms with E-state index in [4.69, 9.17) is 21.1 Å². The van der Waals surface area contributed by atoms with E-state index in [0.717, 1.165) is 10.2 Å². The molecule has 110 valence electrons. The number of fused-ring (bicyclic) bond motifs is 1. The van der Waals surface area contributed by atoms with Crippen molar-refractivity contribution in [2.24, 2.45) is 0 Å². The summed E-state index contributed by atoms with van der Waals surface area (Å²) in [6.45, 7) is 1.18. The maximum absolute atomic E-state index is 12.2. The summed E-state index contributed by atoms with van der Waals surface area (Å²) in [4.78, 5) is 12.8. The summed E-state index contributed by atoms with van der Waals surface area (Å²) < 4.78 is 12.0. The molecule has 0 atom stereocenters. The molecule has 7 heteroatoms. The molecule has 0 bridgehead atoms. The van der Waals surface area contributed by atoms with Gasteiger partial charge in [0, 0.05) is 18.6 Å². The molecule has 1 N–H and O–H groups in total. The van der Waals surface area contributed by atoms with E-state index in [0.29, 0.717) is 40.3 Å². The van der Waals surface area contributed by atoms with Gasteiger partial charge in [-0.15, -0.1) is 11.3 Å². The summed E-state index contributed by atoms with van der Waals surface area (Å²) in [5, 5.41) is 3.21. The second-order valence-corrected chi connectivity index (χ2v) is 7.26. The highest BCUT2D eigenvalue weighted by Crippen LogP contribution is 2.38. The highest BCUT2D eigenvalue weighted by Gasteiger charge is 2.16. The van der Waals surface area contributed by atoms with Crippen LogP contribution in [0.25, 0.3) is 0 Å². The number of halogens is 2. The van der Waals surface area contributed by atoms with Gasteiger partial charge in [0.15, 0.2) is 11.5 Å². The molecule has 1 amide bonds. The van der Waals surface area contributed by atoms with Crippen molar-refractivity contribution in [3.8, 4) is 11.5 Å². The zero-order valence-electron chi connectivity index (χ0n) is 10.8. The number of ether oxygens (including phenoxy) is 2. The number of hydrogen-bond donors (Lipinski definition) is 1. The smallest absolute Gasteiger partial charge is 0.265 e. The molecule has 1 aromatic carbocycles. The van der Waals surface area contributed by atoms with Crippen LogP contribution in [0.15, 0.2) is 28.1 Å². The van der Waals surface area contributed by atoms with Crippen molar-refractivity contribution in [3.63, 3.8) is 0 Å². The first-order chi connectivity index (χ1) is 10.1. The van der Waals surface area contributed by atoms with E-state index in [1.165, 1.54) is 11.3 Å². The summed E-state index contributed by atoms with van der Waals surface area (Å²) in [6, 6.07) is 6.95. The van der Waals surface area contributed by atoms with Gasteiger partial charge in [-0.3, -0.25) is 4.79 Å². The van der Waals surface area contributed by atoms with Gasteiger partial charge in [-0.05, 0) is 28.1 Å². The number of anilines is 1. The SMILES string of the molecule is O=C(Nc1cc2c(cc1Cl)OCCCO2)c1ccc(Br)s1. The summed E-state index contributed by atoms with van der Waals surface area (Å²) >= 11 is 10.9. The van der Waals surface area contributed by atoms with E-state index >= 15 is 0 Å². The molecular weight excluding hydrogens is 378 g/mol. The third-order valence-corrected chi connectivity index (χ3v) is 4.82. The summed E-state index contributed by atoms with van der Waals surface area (Å²) in [5.74, 6) is 0.996. The normalized spacial score (nSPS) is 13.6. The van der Waals surface area contributed by atoms with Crippen molar-refractivity contribution in [3.05, 3.63) is 38.0 Å². The van der Waals surface area contributed by atoms with Crippen LogP contribution in [-0.4, -0.2) is 19.1 Å². The van der Waals surface area contributed by atoms with E-state index < -0.39 is 0 Å². The van der Waals surface area contributed by atoms with Crippen LogP contribution in [0.4, 0.5) is 5.69 Å². The van der Waals surface area contributed by atoms with E-state index in [9.17, 15) is 4.79 Å².